The lowest BCUT2D eigenvalue weighted by atomic mass is 10.1. The summed E-state index contributed by atoms with van der Waals surface area (Å²) in [6.07, 6.45) is 3.75. The van der Waals surface area contributed by atoms with E-state index in [1.807, 2.05) is 67.0 Å². The molecule has 4 rings (SSSR count). The maximum atomic E-state index is 12.5. The Hall–Kier alpha value is -3.27. The van der Waals surface area contributed by atoms with Gasteiger partial charge in [-0.1, -0.05) is 30.3 Å². The quantitative estimate of drug-likeness (QED) is 0.732. The molecule has 0 bridgehead atoms. The van der Waals surface area contributed by atoms with Gasteiger partial charge in [-0.25, -0.2) is 0 Å². The van der Waals surface area contributed by atoms with Gasteiger partial charge in [-0.15, -0.1) is 0 Å². The van der Waals surface area contributed by atoms with Crippen LogP contribution in [0.2, 0.25) is 0 Å². The van der Waals surface area contributed by atoms with Crippen molar-refractivity contribution in [3.8, 4) is 0 Å². The zero-order valence-corrected chi connectivity index (χ0v) is 13.1. The number of nitrogens with two attached hydrogens (primary N) is 1. The minimum atomic E-state index is 0.00270. The highest BCUT2D eigenvalue weighted by Crippen LogP contribution is 2.26. The van der Waals surface area contributed by atoms with Crippen molar-refractivity contribution >= 4 is 28.1 Å². The van der Waals surface area contributed by atoms with Crippen LogP contribution >= 0.6 is 0 Å². The van der Waals surface area contributed by atoms with Crippen molar-refractivity contribution in [2.75, 3.05) is 17.3 Å². The second kappa shape index (κ2) is 5.74. The van der Waals surface area contributed by atoms with Crippen LogP contribution in [0, 0.1) is 0 Å². The van der Waals surface area contributed by atoms with Crippen LogP contribution in [-0.2, 0) is 0 Å². The molecule has 1 aliphatic rings. The fraction of sp³-hybridized carbons (Fsp3) is 0.0500. The van der Waals surface area contributed by atoms with E-state index >= 15 is 0 Å². The first-order valence-corrected chi connectivity index (χ1v) is 7.81. The average Bonchev–Trinajstić information content (AvgIpc) is 3.11. The van der Waals surface area contributed by atoms with E-state index in [2.05, 4.69) is 17.0 Å². The summed E-state index contributed by atoms with van der Waals surface area (Å²) in [5.41, 5.74) is 8.33. The van der Waals surface area contributed by atoms with Crippen molar-refractivity contribution in [1.29, 1.82) is 0 Å². The summed E-state index contributed by atoms with van der Waals surface area (Å²) in [6, 6.07) is 21.4. The Bertz CT molecular complexity index is 934. The third kappa shape index (κ3) is 2.58. The third-order valence-electron chi connectivity index (χ3n) is 4.19. The topological polar surface area (TPSA) is 49.6 Å². The van der Waals surface area contributed by atoms with Crippen LogP contribution in [-0.4, -0.2) is 17.5 Å². The fourth-order valence-electron chi connectivity index (χ4n) is 2.90. The van der Waals surface area contributed by atoms with Gasteiger partial charge in [-0.2, -0.15) is 0 Å². The number of nitrogens with zero attached hydrogens (tertiary/aromatic N) is 2. The van der Waals surface area contributed by atoms with Crippen LogP contribution in [0.1, 0.15) is 10.4 Å². The van der Waals surface area contributed by atoms with E-state index < -0.39 is 0 Å². The van der Waals surface area contributed by atoms with E-state index in [-0.39, 0.29) is 5.91 Å². The van der Waals surface area contributed by atoms with Gasteiger partial charge in [0.1, 0.15) is 6.67 Å². The Balaban J connectivity index is 1.56. The Kier molecular flexibility index (Phi) is 3.43. The van der Waals surface area contributed by atoms with E-state index in [0.29, 0.717) is 12.2 Å². The molecule has 1 aliphatic heterocycles. The van der Waals surface area contributed by atoms with Crippen LogP contribution in [0.25, 0.3) is 10.8 Å². The number of carbonyl (C=O) groups excluding carboxylic acids is 1. The fourth-order valence-corrected chi connectivity index (χ4v) is 2.90. The minimum absolute atomic E-state index is 0.00270. The molecule has 24 heavy (non-hydrogen) atoms. The standard InChI is InChI=1S/C20H17N3O/c21-18-8-6-17-13-19(9-7-16(17)12-18)22-10-11-23(14-22)20(24)15-4-2-1-3-5-15/h1-13H,14,21H2. The monoisotopic (exact) mass is 315 g/mol. The summed E-state index contributed by atoms with van der Waals surface area (Å²) in [5, 5.41) is 2.24. The van der Waals surface area contributed by atoms with Gasteiger partial charge < -0.3 is 10.6 Å². The van der Waals surface area contributed by atoms with Gasteiger partial charge in [0.25, 0.3) is 5.91 Å². The zero-order valence-electron chi connectivity index (χ0n) is 13.1. The lowest BCUT2D eigenvalue weighted by Gasteiger charge is -2.20. The number of carbonyl (C=O) groups is 1. The molecule has 3 aromatic rings. The zero-order chi connectivity index (χ0) is 16.5. The second-order valence-electron chi connectivity index (χ2n) is 5.84. The highest BCUT2D eigenvalue weighted by molar-refractivity contribution is 5.95. The van der Waals surface area contributed by atoms with Crippen molar-refractivity contribution < 1.29 is 4.79 Å². The molecule has 0 saturated heterocycles. The third-order valence-corrected chi connectivity index (χ3v) is 4.19. The number of nitrogen functional groups attached to an aromatic ring is 1. The molecule has 118 valence electrons. The molecule has 0 fully saturated rings. The van der Waals surface area contributed by atoms with Gasteiger partial charge >= 0.3 is 0 Å². The molecular weight excluding hydrogens is 298 g/mol. The molecule has 3 aromatic carbocycles. The van der Waals surface area contributed by atoms with Crippen LogP contribution in [0.15, 0.2) is 79.1 Å². The Morgan fingerprint density at radius 1 is 0.875 bits per heavy atom. The molecular formula is C20H17N3O. The Morgan fingerprint density at radius 3 is 2.46 bits per heavy atom. The van der Waals surface area contributed by atoms with Gasteiger partial charge in [0.15, 0.2) is 0 Å². The normalized spacial score (nSPS) is 13.7. The van der Waals surface area contributed by atoms with E-state index in [9.17, 15) is 4.79 Å². The first-order valence-electron chi connectivity index (χ1n) is 7.81. The highest BCUT2D eigenvalue weighted by Gasteiger charge is 2.20. The largest absolute Gasteiger partial charge is 0.399 e. The van der Waals surface area contributed by atoms with E-state index in [0.717, 1.165) is 22.1 Å². The molecule has 4 nitrogen and oxygen atoms in total. The molecule has 1 amide bonds. The molecule has 0 aliphatic carbocycles. The van der Waals surface area contributed by atoms with Crippen molar-refractivity contribution in [3.63, 3.8) is 0 Å². The molecule has 0 unspecified atom stereocenters. The van der Waals surface area contributed by atoms with Gasteiger partial charge in [0.2, 0.25) is 0 Å². The van der Waals surface area contributed by atoms with Gasteiger partial charge in [0.05, 0.1) is 0 Å². The average molecular weight is 315 g/mol. The number of anilines is 2. The summed E-state index contributed by atoms with van der Waals surface area (Å²) in [5.74, 6) is 0.00270. The minimum Gasteiger partial charge on any atom is -0.399 e. The number of amides is 1. The molecule has 0 spiro atoms. The number of hydrogen-bond donors (Lipinski definition) is 1. The highest BCUT2D eigenvalue weighted by atomic mass is 16.2. The Morgan fingerprint density at radius 2 is 1.62 bits per heavy atom. The summed E-state index contributed by atoms with van der Waals surface area (Å²) < 4.78 is 0. The SMILES string of the molecule is Nc1ccc2cc(N3C=CN(C(=O)c4ccccc4)C3)ccc2c1. The maximum Gasteiger partial charge on any atom is 0.259 e. The van der Waals surface area contributed by atoms with Crippen LogP contribution in [0.5, 0.6) is 0 Å². The van der Waals surface area contributed by atoms with E-state index in [1.165, 1.54) is 0 Å². The number of fused-ring (bicyclic) bond motifs is 1. The number of rotatable bonds is 2. The van der Waals surface area contributed by atoms with Gasteiger partial charge in [-0.3, -0.25) is 9.69 Å². The van der Waals surface area contributed by atoms with Crippen molar-refractivity contribution in [3.05, 3.63) is 84.7 Å². The molecule has 1 heterocycles. The van der Waals surface area contributed by atoms with Crippen molar-refractivity contribution in [1.82, 2.24) is 4.90 Å². The number of hydrogen-bond acceptors (Lipinski definition) is 3. The van der Waals surface area contributed by atoms with E-state index in [4.69, 9.17) is 5.73 Å². The van der Waals surface area contributed by atoms with Crippen LogP contribution in [0.3, 0.4) is 0 Å². The van der Waals surface area contributed by atoms with E-state index in [1.54, 1.807) is 4.90 Å². The first-order chi connectivity index (χ1) is 11.7. The summed E-state index contributed by atoms with van der Waals surface area (Å²) >= 11 is 0. The lowest BCUT2D eigenvalue weighted by Crippen LogP contribution is -2.30. The number of benzene rings is 3. The first kappa shape index (κ1) is 14.3. The summed E-state index contributed by atoms with van der Waals surface area (Å²) in [4.78, 5) is 16.3. The molecule has 0 radical (unpaired) electrons. The van der Waals surface area contributed by atoms with Crippen molar-refractivity contribution in [2.24, 2.45) is 0 Å². The predicted molar refractivity (Wildman–Crippen MR) is 97.5 cm³/mol. The maximum absolute atomic E-state index is 12.5. The lowest BCUT2D eigenvalue weighted by molar-refractivity contribution is 0.0833. The van der Waals surface area contributed by atoms with Crippen molar-refractivity contribution in [2.45, 2.75) is 0 Å². The molecule has 0 aromatic heterocycles. The summed E-state index contributed by atoms with van der Waals surface area (Å²) in [7, 11) is 0. The smallest absolute Gasteiger partial charge is 0.259 e. The van der Waals surface area contributed by atoms with Crippen LogP contribution in [0.4, 0.5) is 11.4 Å². The molecule has 4 heteroatoms. The summed E-state index contributed by atoms with van der Waals surface area (Å²) in [6.45, 7) is 0.508. The predicted octanol–water partition coefficient (Wildman–Crippen LogP) is 3.81. The Labute approximate surface area is 140 Å². The molecule has 0 atom stereocenters. The molecule has 0 saturated carbocycles. The van der Waals surface area contributed by atoms with Gasteiger partial charge in [0, 0.05) is 29.3 Å². The molecule has 2 N–H and O–H groups in total. The van der Waals surface area contributed by atoms with Gasteiger partial charge in [-0.05, 0) is 47.2 Å². The van der Waals surface area contributed by atoms with Crippen LogP contribution < -0.4 is 10.6 Å². The second-order valence-corrected chi connectivity index (χ2v) is 5.84.